The van der Waals surface area contributed by atoms with E-state index in [4.69, 9.17) is 0 Å². The quantitative estimate of drug-likeness (QED) is 0.850. The molecule has 0 unspecified atom stereocenters. The lowest BCUT2D eigenvalue weighted by Gasteiger charge is -2.28. The maximum absolute atomic E-state index is 12.2. The number of hydrogen-bond acceptors (Lipinski definition) is 4. The highest BCUT2D eigenvalue weighted by atomic mass is 16.2. The third-order valence-electron chi connectivity index (χ3n) is 3.89. The number of pyridine rings is 1. The summed E-state index contributed by atoms with van der Waals surface area (Å²) in [5, 5.41) is 3.27. The number of amides is 1. The summed E-state index contributed by atoms with van der Waals surface area (Å²) < 4.78 is 0. The molecule has 2 heterocycles. The minimum absolute atomic E-state index is 0.271. The lowest BCUT2D eigenvalue weighted by Crippen LogP contribution is -2.47. The highest BCUT2D eigenvalue weighted by molar-refractivity contribution is 5.76. The Morgan fingerprint density at radius 2 is 2.14 bits per heavy atom. The molecule has 0 saturated carbocycles. The van der Waals surface area contributed by atoms with Crippen LogP contribution in [-0.4, -0.2) is 60.0 Å². The van der Waals surface area contributed by atoms with Crippen LogP contribution < -0.4 is 5.32 Å². The molecule has 0 spiro atoms. The fourth-order valence-electron chi connectivity index (χ4n) is 2.59. The van der Waals surface area contributed by atoms with Crippen LogP contribution in [0.4, 0.5) is 0 Å². The summed E-state index contributed by atoms with van der Waals surface area (Å²) in [7, 11) is 0. The molecule has 1 aliphatic heterocycles. The van der Waals surface area contributed by atoms with Gasteiger partial charge in [0.15, 0.2) is 0 Å². The first-order chi connectivity index (χ1) is 10.2. The summed E-state index contributed by atoms with van der Waals surface area (Å²) in [6.45, 7) is 10.2. The summed E-state index contributed by atoms with van der Waals surface area (Å²) in [5.41, 5.74) is 2.12. The SMILES string of the molecule is CCN(CCC(=O)N1CCNCC1)Cc1cccc(C)n1. The van der Waals surface area contributed by atoms with Gasteiger partial charge in [0, 0.05) is 51.4 Å². The van der Waals surface area contributed by atoms with Crippen molar-refractivity contribution in [2.75, 3.05) is 39.3 Å². The average molecular weight is 290 g/mol. The maximum atomic E-state index is 12.2. The van der Waals surface area contributed by atoms with E-state index in [1.165, 1.54) is 0 Å². The lowest BCUT2D eigenvalue weighted by atomic mass is 10.2. The van der Waals surface area contributed by atoms with Crippen molar-refractivity contribution in [3.63, 3.8) is 0 Å². The van der Waals surface area contributed by atoms with Crippen LogP contribution in [-0.2, 0) is 11.3 Å². The van der Waals surface area contributed by atoms with Gasteiger partial charge in [-0.1, -0.05) is 13.0 Å². The minimum Gasteiger partial charge on any atom is -0.340 e. The Balaban J connectivity index is 1.80. The molecule has 0 aliphatic carbocycles. The summed E-state index contributed by atoms with van der Waals surface area (Å²) in [6, 6.07) is 6.10. The van der Waals surface area contributed by atoms with Crippen molar-refractivity contribution in [2.24, 2.45) is 0 Å². The van der Waals surface area contributed by atoms with Gasteiger partial charge in [-0.25, -0.2) is 0 Å². The smallest absolute Gasteiger partial charge is 0.223 e. The van der Waals surface area contributed by atoms with Crippen molar-refractivity contribution in [3.05, 3.63) is 29.6 Å². The van der Waals surface area contributed by atoms with Gasteiger partial charge in [0.2, 0.25) is 5.91 Å². The molecule has 1 aromatic rings. The fraction of sp³-hybridized carbons (Fsp3) is 0.625. The molecular weight excluding hydrogens is 264 g/mol. The topological polar surface area (TPSA) is 48.5 Å². The minimum atomic E-state index is 0.271. The highest BCUT2D eigenvalue weighted by Crippen LogP contribution is 2.05. The largest absolute Gasteiger partial charge is 0.340 e. The van der Waals surface area contributed by atoms with Gasteiger partial charge in [-0.05, 0) is 25.6 Å². The molecule has 5 nitrogen and oxygen atoms in total. The Hall–Kier alpha value is -1.46. The molecule has 1 amide bonds. The number of aromatic nitrogens is 1. The highest BCUT2D eigenvalue weighted by Gasteiger charge is 2.16. The van der Waals surface area contributed by atoms with Crippen LogP contribution in [0.25, 0.3) is 0 Å². The zero-order valence-corrected chi connectivity index (χ0v) is 13.1. The van der Waals surface area contributed by atoms with Crippen LogP contribution in [0.1, 0.15) is 24.7 Å². The van der Waals surface area contributed by atoms with Gasteiger partial charge in [-0.15, -0.1) is 0 Å². The first kappa shape index (κ1) is 15.9. The molecule has 1 saturated heterocycles. The molecule has 1 N–H and O–H groups in total. The second-order valence-corrected chi connectivity index (χ2v) is 5.52. The molecule has 21 heavy (non-hydrogen) atoms. The summed E-state index contributed by atoms with van der Waals surface area (Å²) in [4.78, 5) is 21.0. The Morgan fingerprint density at radius 1 is 1.38 bits per heavy atom. The van der Waals surface area contributed by atoms with E-state index in [1.54, 1.807) is 0 Å². The van der Waals surface area contributed by atoms with Crippen LogP contribution in [0, 0.1) is 6.92 Å². The second kappa shape index (κ2) is 8.10. The van der Waals surface area contributed by atoms with Gasteiger partial charge in [0.25, 0.3) is 0 Å². The van der Waals surface area contributed by atoms with Crippen LogP contribution in [0.3, 0.4) is 0 Å². The molecule has 0 aromatic carbocycles. The molecule has 116 valence electrons. The number of nitrogens with one attached hydrogen (secondary N) is 1. The summed E-state index contributed by atoms with van der Waals surface area (Å²) >= 11 is 0. The van der Waals surface area contributed by atoms with Crippen molar-refractivity contribution in [1.29, 1.82) is 0 Å². The van der Waals surface area contributed by atoms with E-state index >= 15 is 0 Å². The van der Waals surface area contributed by atoms with Gasteiger partial charge in [0.1, 0.15) is 0 Å². The van der Waals surface area contributed by atoms with Crippen LogP contribution in [0.15, 0.2) is 18.2 Å². The first-order valence-corrected chi connectivity index (χ1v) is 7.82. The van der Waals surface area contributed by atoms with Crippen molar-refractivity contribution in [3.8, 4) is 0 Å². The van der Waals surface area contributed by atoms with Crippen LogP contribution >= 0.6 is 0 Å². The summed E-state index contributed by atoms with van der Waals surface area (Å²) in [5.74, 6) is 0.271. The third kappa shape index (κ3) is 5.10. The van der Waals surface area contributed by atoms with Crippen LogP contribution in [0.2, 0.25) is 0 Å². The predicted molar refractivity (Wildman–Crippen MR) is 84.0 cm³/mol. The first-order valence-electron chi connectivity index (χ1n) is 7.82. The Bertz CT molecular complexity index is 457. The average Bonchev–Trinajstić information content (AvgIpc) is 2.52. The molecule has 1 fully saturated rings. The Kier molecular flexibility index (Phi) is 6.14. The molecule has 1 aliphatic rings. The van der Waals surface area contributed by atoms with E-state index in [0.717, 1.165) is 57.2 Å². The van der Waals surface area contributed by atoms with Gasteiger partial charge in [0.05, 0.1) is 5.69 Å². The number of aryl methyl sites for hydroxylation is 1. The number of hydrogen-bond donors (Lipinski definition) is 1. The van der Waals surface area contributed by atoms with E-state index < -0.39 is 0 Å². The number of rotatable bonds is 6. The summed E-state index contributed by atoms with van der Waals surface area (Å²) in [6.07, 6.45) is 0.597. The van der Waals surface area contributed by atoms with Crippen LogP contribution in [0.5, 0.6) is 0 Å². The zero-order valence-electron chi connectivity index (χ0n) is 13.1. The van der Waals surface area contributed by atoms with Gasteiger partial charge < -0.3 is 10.2 Å². The maximum Gasteiger partial charge on any atom is 0.223 e. The number of piperazine rings is 1. The zero-order chi connectivity index (χ0) is 15.1. The van der Waals surface area contributed by atoms with E-state index in [2.05, 4.69) is 22.1 Å². The van der Waals surface area contributed by atoms with Gasteiger partial charge in [-0.2, -0.15) is 0 Å². The third-order valence-corrected chi connectivity index (χ3v) is 3.89. The normalized spacial score (nSPS) is 15.5. The lowest BCUT2D eigenvalue weighted by molar-refractivity contribution is -0.132. The van der Waals surface area contributed by atoms with Gasteiger partial charge >= 0.3 is 0 Å². The monoisotopic (exact) mass is 290 g/mol. The van der Waals surface area contributed by atoms with E-state index in [9.17, 15) is 4.79 Å². The number of carbonyl (C=O) groups excluding carboxylic acids is 1. The standard InChI is InChI=1S/C16H26N4O/c1-3-19(13-15-6-4-5-14(2)18-15)10-7-16(21)20-11-8-17-9-12-20/h4-6,17H,3,7-13H2,1-2H3. The molecule has 5 heteroatoms. The van der Waals surface area contributed by atoms with E-state index in [0.29, 0.717) is 6.42 Å². The molecule has 2 rings (SSSR count). The van der Waals surface area contributed by atoms with Crippen molar-refractivity contribution in [2.45, 2.75) is 26.8 Å². The molecule has 0 bridgehead atoms. The number of nitrogens with zero attached hydrogens (tertiary/aromatic N) is 3. The van der Waals surface area contributed by atoms with Gasteiger partial charge in [-0.3, -0.25) is 14.7 Å². The van der Waals surface area contributed by atoms with E-state index in [1.807, 2.05) is 30.0 Å². The van der Waals surface area contributed by atoms with Crippen molar-refractivity contribution < 1.29 is 4.79 Å². The Labute approximate surface area is 127 Å². The van der Waals surface area contributed by atoms with Crippen molar-refractivity contribution >= 4 is 5.91 Å². The molecule has 0 atom stereocenters. The van der Waals surface area contributed by atoms with Crippen molar-refractivity contribution in [1.82, 2.24) is 20.1 Å². The molecule has 0 radical (unpaired) electrons. The second-order valence-electron chi connectivity index (χ2n) is 5.52. The van der Waals surface area contributed by atoms with E-state index in [-0.39, 0.29) is 5.91 Å². The predicted octanol–water partition coefficient (Wildman–Crippen LogP) is 1.03. The molecule has 1 aromatic heterocycles. The Morgan fingerprint density at radius 3 is 2.81 bits per heavy atom. The number of carbonyl (C=O) groups is 1. The fourth-order valence-corrected chi connectivity index (χ4v) is 2.59. The molecular formula is C16H26N4O.